The lowest BCUT2D eigenvalue weighted by molar-refractivity contribution is -0.141. The molecule has 4 rings (SSSR count). The molecule has 3 aromatic carbocycles. The van der Waals surface area contributed by atoms with Crippen molar-refractivity contribution in [1.29, 1.82) is 0 Å². The quantitative estimate of drug-likeness (QED) is 0.230. The van der Waals surface area contributed by atoms with Gasteiger partial charge in [0.25, 0.3) is 0 Å². The van der Waals surface area contributed by atoms with Gasteiger partial charge in [0.1, 0.15) is 23.4 Å². The van der Waals surface area contributed by atoms with Crippen LogP contribution in [-0.2, 0) is 20.9 Å². The Morgan fingerprint density at radius 2 is 1.83 bits per heavy atom. The molecule has 0 aliphatic rings. The van der Waals surface area contributed by atoms with Crippen LogP contribution in [-0.4, -0.2) is 37.0 Å². The molecular weight excluding hydrogens is 479 g/mol. The summed E-state index contributed by atoms with van der Waals surface area (Å²) in [6.45, 7) is 5.91. The first kappa shape index (κ1) is 25.3. The van der Waals surface area contributed by atoms with E-state index in [-0.39, 0.29) is 19.0 Å². The highest BCUT2D eigenvalue weighted by molar-refractivity contribution is 7.92. The van der Waals surface area contributed by atoms with Gasteiger partial charge in [-0.15, -0.1) is 0 Å². The first-order valence-corrected chi connectivity index (χ1v) is 12.9. The smallest absolute Gasteiger partial charge is 0.330 e. The molecule has 0 fully saturated rings. The van der Waals surface area contributed by atoms with Gasteiger partial charge in [-0.1, -0.05) is 36.9 Å². The van der Waals surface area contributed by atoms with Gasteiger partial charge < -0.3 is 19.0 Å². The Hall–Kier alpha value is -3.75. The molecule has 1 unspecified atom stereocenters. The highest BCUT2D eigenvalue weighted by Gasteiger charge is 2.27. The van der Waals surface area contributed by atoms with Crippen LogP contribution >= 0.6 is 0 Å². The first-order chi connectivity index (χ1) is 17.3. The molecule has 4 aromatic rings. The molecule has 1 heterocycles. The Bertz CT molecular complexity index is 1380. The minimum Gasteiger partial charge on any atom is -0.593 e. The summed E-state index contributed by atoms with van der Waals surface area (Å²) in [5.74, 6) is -0.310. The third kappa shape index (κ3) is 5.10. The SMILES string of the molecule is C=C(NC)c1c(-c2ccc(F)cc2)oc2cc(N(CC(=O)OCC)[S+](C)[O-])c(-c3ccccc3)cc12. The van der Waals surface area contributed by atoms with E-state index >= 15 is 0 Å². The van der Waals surface area contributed by atoms with Gasteiger partial charge in [0.2, 0.25) is 0 Å². The van der Waals surface area contributed by atoms with E-state index in [0.717, 1.165) is 22.1 Å². The number of hydrogen-bond donors (Lipinski definition) is 1. The number of rotatable bonds is 9. The minimum absolute atomic E-state index is 0.191. The van der Waals surface area contributed by atoms with Gasteiger partial charge in [0, 0.05) is 35.3 Å². The summed E-state index contributed by atoms with van der Waals surface area (Å²) in [5.41, 5.74) is 4.75. The molecule has 8 heteroatoms. The van der Waals surface area contributed by atoms with Crippen molar-refractivity contribution in [2.24, 2.45) is 0 Å². The van der Waals surface area contributed by atoms with E-state index in [1.165, 1.54) is 22.7 Å². The number of carbonyl (C=O) groups is 1. The van der Waals surface area contributed by atoms with Crippen LogP contribution in [0, 0.1) is 5.82 Å². The maximum absolute atomic E-state index is 13.6. The molecule has 186 valence electrons. The summed E-state index contributed by atoms with van der Waals surface area (Å²) in [4.78, 5) is 12.4. The Labute approximate surface area is 212 Å². The molecule has 0 amide bonds. The van der Waals surface area contributed by atoms with Crippen LogP contribution in [0.5, 0.6) is 0 Å². The number of carbonyl (C=O) groups excluding carboxylic acids is 1. The summed E-state index contributed by atoms with van der Waals surface area (Å²) >= 11 is -1.53. The topological polar surface area (TPSA) is 77.8 Å². The Balaban J connectivity index is 2.00. The number of hydrogen-bond acceptors (Lipinski definition) is 6. The van der Waals surface area contributed by atoms with Crippen LogP contribution in [0.25, 0.3) is 39.1 Å². The Kier molecular flexibility index (Phi) is 7.67. The van der Waals surface area contributed by atoms with Gasteiger partial charge in [-0.25, -0.2) is 9.18 Å². The molecule has 1 N–H and O–H groups in total. The normalized spacial score (nSPS) is 11.8. The first-order valence-electron chi connectivity index (χ1n) is 11.4. The number of halogens is 1. The van der Waals surface area contributed by atoms with E-state index in [4.69, 9.17) is 9.15 Å². The molecule has 0 saturated heterocycles. The minimum atomic E-state index is -1.53. The van der Waals surface area contributed by atoms with Crippen molar-refractivity contribution >= 4 is 39.7 Å². The molecule has 1 aromatic heterocycles. The van der Waals surface area contributed by atoms with E-state index in [2.05, 4.69) is 11.9 Å². The molecule has 0 aliphatic heterocycles. The predicted octanol–water partition coefficient (Wildman–Crippen LogP) is 5.76. The molecule has 1 atom stereocenters. The third-order valence-electron chi connectivity index (χ3n) is 5.76. The zero-order valence-electron chi connectivity index (χ0n) is 20.3. The van der Waals surface area contributed by atoms with E-state index < -0.39 is 17.3 Å². The molecule has 0 aliphatic carbocycles. The van der Waals surface area contributed by atoms with Crippen LogP contribution in [0.2, 0.25) is 0 Å². The number of nitrogens with zero attached hydrogens (tertiary/aromatic N) is 1. The number of benzene rings is 3. The van der Waals surface area contributed by atoms with E-state index in [9.17, 15) is 13.7 Å². The highest BCUT2D eigenvalue weighted by Crippen LogP contribution is 2.43. The van der Waals surface area contributed by atoms with Crippen LogP contribution in [0.1, 0.15) is 12.5 Å². The second kappa shape index (κ2) is 10.9. The van der Waals surface area contributed by atoms with Crippen LogP contribution in [0.15, 0.2) is 77.7 Å². The zero-order chi connectivity index (χ0) is 25.8. The number of esters is 1. The lowest BCUT2D eigenvalue weighted by atomic mass is 9.97. The lowest BCUT2D eigenvalue weighted by Gasteiger charge is -2.25. The fourth-order valence-electron chi connectivity index (χ4n) is 4.06. The number of furan rings is 1. The molecule has 0 saturated carbocycles. The highest BCUT2D eigenvalue weighted by atomic mass is 32.2. The van der Waals surface area contributed by atoms with E-state index in [0.29, 0.717) is 28.3 Å². The summed E-state index contributed by atoms with van der Waals surface area (Å²) in [7, 11) is 1.77. The summed E-state index contributed by atoms with van der Waals surface area (Å²) in [6.07, 6.45) is 1.51. The second-order valence-electron chi connectivity index (χ2n) is 8.04. The molecule has 0 bridgehead atoms. The molecule has 36 heavy (non-hydrogen) atoms. The fraction of sp³-hybridized carbons (Fsp3) is 0.179. The molecule has 6 nitrogen and oxygen atoms in total. The molecular formula is C28H27FN2O4S. The lowest BCUT2D eigenvalue weighted by Crippen LogP contribution is -2.36. The van der Waals surface area contributed by atoms with Crippen molar-refractivity contribution in [3.63, 3.8) is 0 Å². The maximum atomic E-state index is 13.6. The van der Waals surface area contributed by atoms with Gasteiger partial charge in [0.15, 0.2) is 6.54 Å². The van der Waals surface area contributed by atoms with Crippen molar-refractivity contribution in [2.75, 3.05) is 30.8 Å². The van der Waals surface area contributed by atoms with E-state index in [1.807, 2.05) is 36.4 Å². The monoisotopic (exact) mass is 506 g/mol. The largest absolute Gasteiger partial charge is 0.593 e. The fourth-order valence-corrected chi connectivity index (χ4v) is 4.77. The van der Waals surface area contributed by atoms with Gasteiger partial charge in [0.05, 0.1) is 29.2 Å². The molecule has 0 spiro atoms. The van der Waals surface area contributed by atoms with Crippen molar-refractivity contribution in [1.82, 2.24) is 5.32 Å². The third-order valence-corrected chi connectivity index (χ3v) is 6.70. The zero-order valence-corrected chi connectivity index (χ0v) is 21.2. The van der Waals surface area contributed by atoms with Gasteiger partial charge >= 0.3 is 5.97 Å². The van der Waals surface area contributed by atoms with Crippen LogP contribution in [0.4, 0.5) is 10.1 Å². The second-order valence-corrected chi connectivity index (χ2v) is 9.33. The van der Waals surface area contributed by atoms with Crippen LogP contribution < -0.4 is 9.62 Å². The molecule has 0 radical (unpaired) electrons. The number of nitrogens with one attached hydrogen (secondary N) is 1. The van der Waals surface area contributed by atoms with Crippen molar-refractivity contribution in [2.45, 2.75) is 6.92 Å². The standard InChI is InChI=1S/C28H27FN2O4S/c1-5-34-26(32)17-31(36(4)33)24-16-25-23(15-22(24)19-9-7-6-8-10-19)27(18(2)30-3)28(35-25)20-11-13-21(29)14-12-20/h6-16,30H,2,5,17H2,1,3-4H3. The number of fused-ring (bicyclic) bond motifs is 1. The number of anilines is 1. The average molecular weight is 507 g/mol. The summed E-state index contributed by atoms with van der Waals surface area (Å²) in [5, 5.41) is 3.86. The predicted molar refractivity (Wildman–Crippen MR) is 143 cm³/mol. The summed E-state index contributed by atoms with van der Waals surface area (Å²) < 4.78 is 39.4. The van der Waals surface area contributed by atoms with E-state index in [1.54, 1.807) is 32.2 Å². The Morgan fingerprint density at radius 1 is 1.14 bits per heavy atom. The van der Waals surface area contributed by atoms with Gasteiger partial charge in [-0.05, 0) is 42.8 Å². The Morgan fingerprint density at radius 3 is 2.44 bits per heavy atom. The maximum Gasteiger partial charge on any atom is 0.330 e. The average Bonchev–Trinajstić information content (AvgIpc) is 3.25. The van der Waals surface area contributed by atoms with Crippen molar-refractivity contribution in [3.8, 4) is 22.5 Å². The van der Waals surface area contributed by atoms with Crippen LogP contribution in [0.3, 0.4) is 0 Å². The van der Waals surface area contributed by atoms with Gasteiger partial charge in [-0.3, -0.25) is 0 Å². The van der Waals surface area contributed by atoms with Crippen molar-refractivity contribution < 1.29 is 22.9 Å². The van der Waals surface area contributed by atoms with Crippen molar-refractivity contribution in [3.05, 3.63) is 84.7 Å². The number of ether oxygens (including phenoxy) is 1. The van der Waals surface area contributed by atoms with Gasteiger partial charge in [-0.2, -0.15) is 4.31 Å². The summed E-state index contributed by atoms with van der Waals surface area (Å²) in [6, 6.07) is 19.4.